The monoisotopic (exact) mass is 340 g/mol. The molecule has 0 aliphatic carbocycles. The Bertz CT molecular complexity index is 1030. The van der Waals surface area contributed by atoms with Crippen LogP contribution in [0.2, 0.25) is 0 Å². The molecule has 10 nitrogen and oxygen atoms in total. The fourth-order valence-corrected chi connectivity index (χ4v) is 2.12. The Hall–Kier alpha value is -3.82. The van der Waals surface area contributed by atoms with Gasteiger partial charge in [0.15, 0.2) is 11.2 Å². The number of carbonyl (C=O) groups excluding carboxylic acids is 1. The maximum absolute atomic E-state index is 12.1. The highest BCUT2D eigenvalue weighted by atomic mass is 16.4. The summed E-state index contributed by atoms with van der Waals surface area (Å²) in [5.74, 6) is -1.51. The lowest BCUT2D eigenvalue weighted by atomic mass is 10.2. The Labute approximate surface area is 139 Å². The molecule has 0 aliphatic rings. The summed E-state index contributed by atoms with van der Waals surface area (Å²) >= 11 is 0. The van der Waals surface area contributed by atoms with Crippen LogP contribution in [-0.4, -0.2) is 36.9 Å². The van der Waals surface area contributed by atoms with E-state index in [4.69, 9.17) is 10.8 Å². The second kappa shape index (κ2) is 6.35. The molecule has 3 rings (SSSR count). The summed E-state index contributed by atoms with van der Waals surface area (Å²) in [4.78, 5) is 48.8. The number of hydrogen-bond donors (Lipinski definition) is 4. The molecule has 0 unspecified atom stereocenters. The van der Waals surface area contributed by atoms with Gasteiger partial charge >= 0.3 is 5.97 Å². The third kappa shape index (κ3) is 3.58. The zero-order valence-electron chi connectivity index (χ0n) is 12.7. The van der Waals surface area contributed by atoms with E-state index < -0.39 is 17.4 Å². The van der Waals surface area contributed by atoms with Gasteiger partial charge < -0.3 is 16.2 Å². The topological polar surface area (TPSA) is 164 Å². The van der Waals surface area contributed by atoms with Crippen LogP contribution in [0, 0.1) is 0 Å². The van der Waals surface area contributed by atoms with Crippen molar-refractivity contribution in [3.8, 4) is 0 Å². The maximum Gasteiger partial charge on any atom is 0.335 e. The molecule has 3 aromatic rings. The second-order valence-electron chi connectivity index (χ2n) is 5.09. The standard InChI is InChI=1S/C15H12N6O4/c16-15-20-12-11(13(23)21-15)19-9(6-17-12)5-10(22)18-8-3-1-7(2-4-8)14(24)25/h1-4,6H,5H2,(H,18,22)(H,24,25)(H3,16,17,20,21,23). The molecule has 0 fully saturated rings. The number of nitrogens with two attached hydrogens (primary N) is 1. The summed E-state index contributed by atoms with van der Waals surface area (Å²) in [7, 11) is 0. The molecule has 25 heavy (non-hydrogen) atoms. The summed E-state index contributed by atoms with van der Waals surface area (Å²) in [6.45, 7) is 0. The molecule has 5 N–H and O–H groups in total. The fourth-order valence-electron chi connectivity index (χ4n) is 2.12. The lowest BCUT2D eigenvalue weighted by Crippen LogP contribution is -2.18. The van der Waals surface area contributed by atoms with Crippen molar-refractivity contribution in [1.29, 1.82) is 0 Å². The minimum absolute atomic E-state index is 0.00897. The van der Waals surface area contributed by atoms with Gasteiger partial charge in [0.1, 0.15) is 0 Å². The van der Waals surface area contributed by atoms with E-state index >= 15 is 0 Å². The first-order valence-corrected chi connectivity index (χ1v) is 7.07. The van der Waals surface area contributed by atoms with Crippen molar-refractivity contribution in [2.45, 2.75) is 6.42 Å². The number of carboxylic acids is 1. The Morgan fingerprint density at radius 2 is 1.92 bits per heavy atom. The average molecular weight is 340 g/mol. The number of nitrogen functional groups attached to an aromatic ring is 1. The van der Waals surface area contributed by atoms with Crippen molar-refractivity contribution in [2.24, 2.45) is 0 Å². The highest BCUT2D eigenvalue weighted by molar-refractivity contribution is 5.93. The van der Waals surface area contributed by atoms with Gasteiger partial charge in [-0.25, -0.2) is 14.8 Å². The van der Waals surface area contributed by atoms with Crippen LogP contribution < -0.4 is 16.6 Å². The molecule has 1 aromatic carbocycles. The first-order valence-electron chi connectivity index (χ1n) is 7.07. The molecule has 1 amide bonds. The summed E-state index contributed by atoms with van der Waals surface area (Å²) in [5.41, 5.74) is 5.80. The van der Waals surface area contributed by atoms with Crippen molar-refractivity contribution in [2.75, 3.05) is 11.1 Å². The molecule has 0 aliphatic heterocycles. The summed E-state index contributed by atoms with van der Waals surface area (Å²) in [6, 6.07) is 5.71. The first-order chi connectivity index (χ1) is 11.9. The van der Waals surface area contributed by atoms with Crippen LogP contribution in [0.15, 0.2) is 35.3 Å². The number of benzene rings is 1. The maximum atomic E-state index is 12.1. The van der Waals surface area contributed by atoms with Gasteiger partial charge in [-0.2, -0.15) is 4.98 Å². The van der Waals surface area contributed by atoms with Crippen LogP contribution in [0.1, 0.15) is 16.1 Å². The van der Waals surface area contributed by atoms with Gasteiger partial charge in [0.25, 0.3) is 5.56 Å². The molecule has 2 heterocycles. The zero-order valence-corrected chi connectivity index (χ0v) is 12.7. The van der Waals surface area contributed by atoms with E-state index in [1.54, 1.807) is 0 Å². The van der Waals surface area contributed by atoms with Gasteiger partial charge in [0, 0.05) is 5.69 Å². The van der Waals surface area contributed by atoms with Crippen molar-refractivity contribution in [3.05, 3.63) is 52.1 Å². The summed E-state index contributed by atoms with van der Waals surface area (Å²) in [6.07, 6.45) is 1.22. The Morgan fingerprint density at radius 3 is 2.60 bits per heavy atom. The number of anilines is 2. The number of carbonyl (C=O) groups is 2. The van der Waals surface area contributed by atoms with E-state index in [2.05, 4.69) is 25.3 Å². The van der Waals surface area contributed by atoms with Crippen LogP contribution in [-0.2, 0) is 11.2 Å². The largest absolute Gasteiger partial charge is 0.478 e. The average Bonchev–Trinajstić information content (AvgIpc) is 2.55. The number of aromatic nitrogens is 4. The molecule has 2 aromatic heterocycles. The van der Waals surface area contributed by atoms with Gasteiger partial charge in [0.2, 0.25) is 11.9 Å². The fraction of sp³-hybridized carbons (Fsp3) is 0.0667. The molecule has 0 saturated carbocycles. The van der Waals surface area contributed by atoms with Gasteiger partial charge in [-0.1, -0.05) is 0 Å². The van der Waals surface area contributed by atoms with Crippen molar-refractivity contribution in [1.82, 2.24) is 19.9 Å². The Morgan fingerprint density at radius 1 is 1.20 bits per heavy atom. The lowest BCUT2D eigenvalue weighted by molar-refractivity contribution is -0.115. The molecule has 0 atom stereocenters. The number of amides is 1. The predicted molar refractivity (Wildman–Crippen MR) is 88.1 cm³/mol. The normalized spacial score (nSPS) is 10.6. The lowest BCUT2D eigenvalue weighted by Gasteiger charge is -2.06. The van der Waals surface area contributed by atoms with Gasteiger partial charge in [-0.15, -0.1) is 0 Å². The van der Waals surface area contributed by atoms with Crippen LogP contribution in [0.5, 0.6) is 0 Å². The van der Waals surface area contributed by atoms with Gasteiger partial charge in [-0.3, -0.25) is 14.6 Å². The number of fused-ring (bicyclic) bond motifs is 1. The van der Waals surface area contributed by atoms with E-state index in [1.807, 2.05) is 0 Å². The molecule has 0 radical (unpaired) electrons. The van der Waals surface area contributed by atoms with Crippen LogP contribution in [0.3, 0.4) is 0 Å². The van der Waals surface area contributed by atoms with Crippen LogP contribution in [0.25, 0.3) is 11.2 Å². The number of nitrogens with zero attached hydrogens (tertiary/aromatic N) is 3. The predicted octanol–water partition coefficient (Wildman–Crippen LogP) is 0.175. The van der Waals surface area contributed by atoms with E-state index in [1.165, 1.54) is 30.5 Å². The molecule has 126 valence electrons. The summed E-state index contributed by atoms with van der Waals surface area (Å²) < 4.78 is 0. The minimum Gasteiger partial charge on any atom is -0.478 e. The molecule has 0 spiro atoms. The van der Waals surface area contributed by atoms with Gasteiger partial charge in [-0.05, 0) is 24.3 Å². The number of hydrogen-bond acceptors (Lipinski definition) is 7. The molecular weight excluding hydrogens is 328 g/mol. The minimum atomic E-state index is -1.05. The Balaban J connectivity index is 1.75. The number of aromatic amines is 1. The highest BCUT2D eigenvalue weighted by Gasteiger charge is 2.10. The zero-order chi connectivity index (χ0) is 18.0. The molecular formula is C15H12N6O4. The highest BCUT2D eigenvalue weighted by Crippen LogP contribution is 2.10. The Kier molecular flexibility index (Phi) is 4.08. The van der Waals surface area contributed by atoms with E-state index in [0.717, 1.165) is 0 Å². The molecule has 10 heteroatoms. The van der Waals surface area contributed by atoms with Crippen molar-refractivity contribution >= 4 is 34.7 Å². The SMILES string of the molecule is Nc1nc2ncc(CC(=O)Nc3ccc(C(=O)O)cc3)nc2c(=O)[nH]1. The number of aromatic carboxylic acids is 1. The van der Waals surface area contributed by atoms with Crippen molar-refractivity contribution in [3.63, 3.8) is 0 Å². The van der Waals surface area contributed by atoms with Crippen LogP contribution >= 0.6 is 0 Å². The van der Waals surface area contributed by atoms with Crippen LogP contribution in [0.4, 0.5) is 11.6 Å². The summed E-state index contributed by atoms with van der Waals surface area (Å²) in [5, 5.41) is 11.4. The smallest absolute Gasteiger partial charge is 0.335 e. The second-order valence-corrected chi connectivity index (χ2v) is 5.09. The number of carboxylic acid groups (broad SMARTS) is 1. The third-order valence-electron chi connectivity index (χ3n) is 3.24. The third-order valence-corrected chi connectivity index (χ3v) is 3.24. The van der Waals surface area contributed by atoms with Crippen molar-refractivity contribution < 1.29 is 14.7 Å². The molecule has 0 bridgehead atoms. The number of H-pyrrole nitrogens is 1. The molecule has 0 saturated heterocycles. The first kappa shape index (κ1) is 16.1. The number of rotatable bonds is 4. The van der Waals surface area contributed by atoms with E-state index in [-0.39, 0.29) is 34.8 Å². The van der Waals surface area contributed by atoms with E-state index in [0.29, 0.717) is 5.69 Å². The number of nitrogens with one attached hydrogen (secondary N) is 2. The quantitative estimate of drug-likeness (QED) is 0.522. The van der Waals surface area contributed by atoms with Gasteiger partial charge in [0.05, 0.1) is 23.9 Å². The van der Waals surface area contributed by atoms with E-state index in [9.17, 15) is 14.4 Å².